The predicted molar refractivity (Wildman–Crippen MR) is 193 cm³/mol. The van der Waals surface area contributed by atoms with Crippen molar-refractivity contribution in [2.24, 2.45) is 10.4 Å². The topological polar surface area (TPSA) is 182 Å². The molecule has 3 N–H and O–H groups in total. The molecule has 276 valence electrons. The van der Waals surface area contributed by atoms with E-state index in [1.165, 1.54) is 0 Å². The number of aliphatic imine (C=N–C) groups is 1. The number of aliphatic hydroxyl groups excluding tert-OH is 1. The van der Waals surface area contributed by atoms with Crippen molar-refractivity contribution in [1.82, 2.24) is 25.0 Å². The molecule has 14 nitrogen and oxygen atoms in total. The van der Waals surface area contributed by atoms with E-state index in [0.717, 1.165) is 44.0 Å². The number of ether oxygens (including phenoxy) is 2. The molecule has 2 aliphatic rings. The number of aryl methyl sites for hydroxylation is 1. The van der Waals surface area contributed by atoms with Gasteiger partial charge in [0.15, 0.2) is 5.76 Å². The molecule has 6 rings (SSSR count). The largest absolute Gasteiger partial charge is 0.480 e. The van der Waals surface area contributed by atoms with Gasteiger partial charge in [0, 0.05) is 61.0 Å². The molecule has 3 aromatic heterocycles. The van der Waals surface area contributed by atoms with Gasteiger partial charge in [-0.1, -0.05) is 13.8 Å². The van der Waals surface area contributed by atoms with E-state index in [-0.39, 0.29) is 37.1 Å². The standard InChI is InChI=1S/C38H46N6O8/c1-8-43-26-14-13-21(17-23(26)29-30(38(5,6)20-45)33(50-7)31-22(32(29)43)11-9-15-39-31)27-19-40-28(51-27)18-25(41-36(49)52-37(2,3)4)34(46)44-16-10-12-24(42-44)35(47)48/h9,11,13-15,17,19,24,30,33,42,45H,8,10,12,16,18,20H2,1-7H3,(H,47,48)/b41-25-/t24?,30?,33-/m0/s1. The number of carbonyl (C=O) groups is 3. The van der Waals surface area contributed by atoms with E-state index in [1.54, 1.807) is 40.3 Å². The Bertz CT molecular complexity index is 2040. The van der Waals surface area contributed by atoms with Crippen LogP contribution < -0.4 is 5.43 Å². The van der Waals surface area contributed by atoms with Crippen LogP contribution in [-0.2, 0) is 32.0 Å². The van der Waals surface area contributed by atoms with Crippen molar-refractivity contribution in [2.75, 3.05) is 20.3 Å². The minimum absolute atomic E-state index is 0.0705. The maximum absolute atomic E-state index is 13.7. The van der Waals surface area contributed by atoms with Crippen LogP contribution in [0, 0.1) is 5.41 Å². The zero-order valence-electron chi connectivity index (χ0n) is 30.6. The molecule has 1 fully saturated rings. The molecule has 0 spiro atoms. The van der Waals surface area contributed by atoms with Gasteiger partial charge < -0.3 is 28.7 Å². The number of aliphatic carboxylic acids is 1. The molecule has 1 aromatic carbocycles. The van der Waals surface area contributed by atoms with E-state index in [0.29, 0.717) is 25.1 Å². The van der Waals surface area contributed by atoms with Crippen LogP contribution in [0.3, 0.4) is 0 Å². The molecule has 0 radical (unpaired) electrons. The summed E-state index contributed by atoms with van der Waals surface area (Å²) in [5.41, 5.74) is 6.72. The van der Waals surface area contributed by atoms with Crippen molar-refractivity contribution in [3.05, 3.63) is 59.9 Å². The highest BCUT2D eigenvalue weighted by Gasteiger charge is 2.46. The highest BCUT2D eigenvalue weighted by Crippen LogP contribution is 2.56. The number of rotatable bonds is 9. The highest BCUT2D eigenvalue weighted by molar-refractivity contribution is 6.40. The van der Waals surface area contributed by atoms with E-state index < -0.39 is 41.1 Å². The van der Waals surface area contributed by atoms with Gasteiger partial charge in [-0.05, 0) is 81.8 Å². The Hall–Kier alpha value is -4.92. The number of pyridine rings is 1. The van der Waals surface area contributed by atoms with Gasteiger partial charge in [-0.25, -0.2) is 15.2 Å². The Balaban J connectivity index is 1.40. The van der Waals surface area contributed by atoms with Gasteiger partial charge in [-0.15, -0.1) is 0 Å². The Labute approximate surface area is 301 Å². The number of methoxy groups -OCH3 is 1. The van der Waals surface area contributed by atoms with Crippen LogP contribution in [0.4, 0.5) is 4.79 Å². The third-order valence-electron chi connectivity index (χ3n) is 9.65. The lowest BCUT2D eigenvalue weighted by Crippen LogP contribution is -2.56. The molecule has 1 aliphatic heterocycles. The normalized spacial score (nSPS) is 19.3. The molecule has 14 heteroatoms. The van der Waals surface area contributed by atoms with Crippen LogP contribution in [0.25, 0.3) is 33.5 Å². The molecular formula is C38H46N6O8. The van der Waals surface area contributed by atoms with Gasteiger partial charge in [-0.2, -0.15) is 4.99 Å². The molecule has 52 heavy (non-hydrogen) atoms. The number of nitrogens with zero attached hydrogens (tertiary/aromatic N) is 5. The third kappa shape index (κ3) is 6.97. The second-order valence-electron chi connectivity index (χ2n) is 14.9. The number of nitrogens with one attached hydrogen (secondary N) is 1. The Morgan fingerprint density at radius 1 is 1.13 bits per heavy atom. The van der Waals surface area contributed by atoms with Crippen molar-refractivity contribution in [3.8, 4) is 22.6 Å². The number of aliphatic hydroxyl groups is 1. The second kappa shape index (κ2) is 14.2. The van der Waals surface area contributed by atoms with E-state index in [1.807, 2.05) is 38.1 Å². The number of benzene rings is 1. The summed E-state index contributed by atoms with van der Waals surface area (Å²) in [6, 6.07) is 9.05. The predicted octanol–water partition coefficient (Wildman–Crippen LogP) is 5.68. The number of hydrazine groups is 1. The zero-order chi connectivity index (χ0) is 37.5. The SMILES string of the molecule is CCn1c2c(c3cc(-c4cnc(C/C(=N/C(=O)OC(C)(C)C)C(=O)N5CCCC(C(=O)O)N5)o4)ccc31)C(C(C)(C)CO)[C@H](OC)c1ncccc1-2. The quantitative estimate of drug-likeness (QED) is 0.182. The van der Waals surface area contributed by atoms with Crippen molar-refractivity contribution in [2.45, 2.75) is 91.0 Å². The maximum atomic E-state index is 13.7. The first-order valence-electron chi connectivity index (χ1n) is 17.5. The molecule has 2 unspecified atom stereocenters. The number of fused-ring (bicyclic) bond motifs is 5. The van der Waals surface area contributed by atoms with Gasteiger partial charge in [0.1, 0.15) is 23.5 Å². The minimum Gasteiger partial charge on any atom is -0.480 e. The average Bonchev–Trinajstić information content (AvgIpc) is 3.71. The van der Waals surface area contributed by atoms with Crippen LogP contribution in [-0.4, -0.2) is 85.3 Å². The van der Waals surface area contributed by atoms with Gasteiger partial charge in [0.05, 0.1) is 24.0 Å². The van der Waals surface area contributed by atoms with Crippen molar-refractivity contribution >= 4 is 34.6 Å². The van der Waals surface area contributed by atoms with Crippen molar-refractivity contribution in [3.63, 3.8) is 0 Å². The Kier molecular flexibility index (Phi) is 10.1. The zero-order valence-corrected chi connectivity index (χ0v) is 30.6. The summed E-state index contributed by atoms with van der Waals surface area (Å²) in [4.78, 5) is 51.3. The average molecular weight is 715 g/mol. The van der Waals surface area contributed by atoms with E-state index >= 15 is 0 Å². The summed E-state index contributed by atoms with van der Waals surface area (Å²) in [6.45, 7) is 12.1. The first kappa shape index (κ1) is 36.9. The van der Waals surface area contributed by atoms with Crippen LogP contribution in [0.2, 0.25) is 0 Å². The summed E-state index contributed by atoms with van der Waals surface area (Å²) < 4.78 is 20.0. The summed E-state index contributed by atoms with van der Waals surface area (Å²) >= 11 is 0. The molecule has 3 atom stereocenters. The van der Waals surface area contributed by atoms with Gasteiger partial charge in [-0.3, -0.25) is 19.6 Å². The fraction of sp³-hybridized carbons (Fsp3) is 0.474. The Morgan fingerprint density at radius 2 is 1.90 bits per heavy atom. The van der Waals surface area contributed by atoms with Crippen molar-refractivity contribution < 1.29 is 38.5 Å². The van der Waals surface area contributed by atoms with Crippen LogP contribution in [0.15, 0.2) is 52.1 Å². The number of amides is 2. The summed E-state index contributed by atoms with van der Waals surface area (Å²) in [5, 5.41) is 22.3. The lowest BCUT2D eigenvalue weighted by atomic mass is 9.67. The van der Waals surface area contributed by atoms with Crippen LogP contribution in [0.1, 0.15) is 83.6 Å². The van der Waals surface area contributed by atoms with Crippen LogP contribution >= 0.6 is 0 Å². The monoisotopic (exact) mass is 714 g/mol. The number of carbonyl (C=O) groups excluding carboxylic acids is 2. The lowest BCUT2D eigenvalue weighted by molar-refractivity contribution is -0.144. The summed E-state index contributed by atoms with van der Waals surface area (Å²) in [5.74, 6) is -1.44. The second-order valence-corrected chi connectivity index (χ2v) is 14.9. The van der Waals surface area contributed by atoms with E-state index in [2.05, 4.69) is 33.0 Å². The molecular weight excluding hydrogens is 668 g/mol. The highest BCUT2D eigenvalue weighted by atomic mass is 16.6. The third-order valence-corrected chi connectivity index (χ3v) is 9.65. The van der Waals surface area contributed by atoms with E-state index in [9.17, 15) is 24.6 Å². The molecule has 0 saturated carbocycles. The van der Waals surface area contributed by atoms with Crippen molar-refractivity contribution in [1.29, 1.82) is 0 Å². The number of carboxylic acids is 1. The number of hydrogen-bond donors (Lipinski definition) is 3. The number of oxazole rings is 1. The number of carboxylic acid groups (broad SMARTS) is 1. The number of aromatic nitrogens is 3. The fourth-order valence-corrected chi connectivity index (χ4v) is 7.26. The first-order valence-corrected chi connectivity index (χ1v) is 17.5. The van der Waals surface area contributed by atoms with Crippen LogP contribution in [0.5, 0.6) is 0 Å². The van der Waals surface area contributed by atoms with Gasteiger partial charge in [0.25, 0.3) is 5.91 Å². The summed E-state index contributed by atoms with van der Waals surface area (Å²) in [6.07, 6.45) is 2.52. The van der Waals surface area contributed by atoms with E-state index in [4.69, 9.17) is 18.9 Å². The lowest BCUT2D eigenvalue weighted by Gasteiger charge is -2.41. The minimum atomic E-state index is -1.09. The van der Waals surface area contributed by atoms with Gasteiger partial charge in [0.2, 0.25) is 5.89 Å². The fourth-order valence-electron chi connectivity index (χ4n) is 7.26. The molecule has 1 aliphatic carbocycles. The number of hydrogen-bond acceptors (Lipinski definition) is 10. The molecule has 2 amide bonds. The molecule has 0 bridgehead atoms. The first-order chi connectivity index (χ1) is 24.7. The van der Waals surface area contributed by atoms with Gasteiger partial charge >= 0.3 is 12.1 Å². The smallest absolute Gasteiger partial charge is 0.434 e. The molecule has 1 saturated heterocycles. The molecule has 4 heterocycles. The molecule has 4 aromatic rings. The Morgan fingerprint density at radius 3 is 2.58 bits per heavy atom. The maximum Gasteiger partial charge on any atom is 0.434 e. The summed E-state index contributed by atoms with van der Waals surface area (Å²) in [7, 11) is 1.67.